The molecule has 0 aromatic carbocycles. The van der Waals surface area contributed by atoms with Crippen LogP contribution in [-0.2, 0) is 0 Å². The molecule has 1 saturated carbocycles. The molecule has 0 spiro atoms. The molecule has 2 fully saturated rings. The average molecular weight is 349 g/mol. The fourth-order valence-electron chi connectivity index (χ4n) is 2.88. The van der Waals surface area contributed by atoms with E-state index in [1.54, 1.807) is 0 Å². The molecule has 1 atom stereocenters. The lowest BCUT2D eigenvalue weighted by Gasteiger charge is -2.37. The van der Waals surface area contributed by atoms with Gasteiger partial charge in [0.15, 0.2) is 0 Å². The van der Waals surface area contributed by atoms with Gasteiger partial charge in [0, 0.05) is 36.1 Å². The highest BCUT2D eigenvalue weighted by Crippen LogP contribution is 2.43. The standard InChI is InChI=1S/C16H21BrN4/c1-10(2)14-9-21(6-5-19-14)16-12(8-18)7-13(17)15(20-16)11-3-4-11/h7,10-11,14,19H,3-6,9H2,1-2H3/t14-/m0/s1. The Morgan fingerprint density at radius 2 is 2.24 bits per heavy atom. The van der Waals surface area contributed by atoms with Gasteiger partial charge in [-0.05, 0) is 40.8 Å². The Hall–Kier alpha value is -1.12. The summed E-state index contributed by atoms with van der Waals surface area (Å²) >= 11 is 3.58. The van der Waals surface area contributed by atoms with Gasteiger partial charge in [-0.2, -0.15) is 5.26 Å². The molecular formula is C16H21BrN4. The van der Waals surface area contributed by atoms with Crippen molar-refractivity contribution < 1.29 is 0 Å². The van der Waals surface area contributed by atoms with Crippen molar-refractivity contribution >= 4 is 21.7 Å². The highest BCUT2D eigenvalue weighted by Gasteiger charge is 2.30. The molecule has 0 radical (unpaired) electrons. The molecular weight excluding hydrogens is 328 g/mol. The number of anilines is 1. The first-order valence-corrected chi connectivity index (χ1v) is 8.48. The molecule has 2 heterocycles. The van der Waals surface area contributed by atoms with E-state index in [-0.39, 0.29) is 0 Å². The van der Waals surface area contributed by atoms with Gasteiger partial charge in [0.25, 0.3) is 0 Å². The molecule has 1 aliphatic heterocycles. The lowest BCUT2D eigenvalue weighted by molar-refractivity contribution is 0.367. The second-order valence-corrected chi connectivity index (χ2v) is 7.22. The number of nitrogens with one attached hydrogen (secondary N) is 1. The minimum atomic E-state index is 0.458. The van der Waals surface area contributed by atoms with Crippen LogP contribution in [0.2, 0.25) is 0 Å². The average Bonchev–Trinajstić information content (AvgIpc) is 3.31. The summed E-state index contributed by atoms with van der Waals surface area (Å²) in [5.41, 5.74) is 1.80. The predicted molar refractivity (Wildman–Crippen MR) is 87.5 cm³/mol. The first kappa shape index (κ1) is 14.8. The van der Waals surface area contributed by atoms with E-state index in [1.807, 2.05) is 6.07 Å². The summed E-state index contributed by atoms with van der Waals surface area (Å²) in [6.07, 6.45) is 2.43. The number of hydrogen-bond acceptors (Lipinski definition) is 4. The molecule has 3 rings (SSSR count). The predicted octanol–water partition coefficient (Wildman–Crippen LogP) is 3.03. The van der Waals surface area contributed by atoms with Crippen molar-refractivity contribution in [3.8, 4) is 6.07 Å². The molecule has 5 heteroatoms. The van der Waals surface area contributed by atoms with E-state index in [2.05, 4.69) is 46.1 Å². The third kappa shape index (κ3) is 3.07. The number of pyridine rings is 1. The highest BCUT2D eigenvalue weighted by atomic mass is 79.9. The summed E-state index contributed by atoms with van der Waals surface area (Å²) in [6.45, 7) is 7.25. The molecule has 4 nitrogen and oxygen atoms in total. The number of aromatic nitrogens is 1. The molecule has 1 aromatic rings. The lowest BCUT2D eigenvalue weighted by Crippen LogP contribution is -2.53. The van der Waals surface area contributed by atoms with E-state index >= 15 is 0 Å². The van der Waals surface area contributed by atoms with E-state index in [9.17, 15) is 5.26 Å². The summed E-state index contributed by atoms with van der Waals surface area (Å²) in [5, 5.41) is 13.0. The first-order chi connectivity index (χ1) is 10.1. The van der Waals surface area contributed by atoms with Gasteiger partial charge in [0.1, 0.15) is 11.9 Å². The number of halogens is 1. The van der Waals surface area contributed by atoms with E-state index < -0.39 is 0 Å². The van der Waals surface area contributed by atoms with Crippen molar-refractivity contribution in [1.82, 2.24) is 10.3 Å². The van der Waals surface area contributed by atoms with Gasteiger partial charge in [-0.3, -0.25) is 0 Å². The van der Waals surface area contributed by atoms with Gasteiger partial charge in [0.2, 0.25) is 0 Å². The van der Waals surface area contributed by atoms with Gasteiger partial charge in [-0.25, -0.2) is 4.98 Å². The largest absolute Gasteiger partial charge is 0.353 e. The van der Waals surface area contributed by atoms with E-state index in [1.165, 1.54) is 12.8 Å². The Kier molecular flexibility index (Phi) is 4.19. The molecule has 2 aliphatic rings. The zero-order valence-electron chi connectivity index (χ0n) is 12.6. The van der Waals surface area contributed by atoms with Gasteiger partial charge < -0.3 is 10.2 Å². The van der Waals surface area contributed by atoms with Crippen molar-refractivity contribution in [2.75, 3.05) is 24.5 Å². The number of nitrogens with zero attached hydrogens (tertiary/aromatic N) is 3. The van der Waals surface area contributed by atoms with E-state index in [4.69, 9.17) is 4.98 Å². The molecule has 1 aliphatic carbocycles. The van der Waals surface area contributed by atoms with Crippen LogP contribution >= 0.6 is 15.9 Å². The summed E-state index contributed by atoms with van der Waals surface area (Å²) in [7, 11) is 0. The molecule has 0 unspecified atom stereocenters. The molecule has 0 amide bonds. The summed E-state index contributed by atoms with van der Waals surface area (Å²) in [6, 6.07) is 4.72. The van der Waals surface area contributed by atoms with Crippen molar-refractivity contribution in [1.29, 1.82) is 5.26 Å². The second kappa shape index (κ2) is 5.94. The molecule has 1 aromatic heterocycles. The number of nitriles is 1. The maximum atomic E-state index is 9.44. The highest BCUT2D eigenvalue weighted by molar-refractivity contribution is 9.10. The Morgan fingerprint density at radius 3 is 2.86 bits per heavy atom. The zero-order valence-corrected chi connectivity index (χ0v) is 14.2. The monoisotopic (exact) mass is 348 g/mol. The third-order valence-corrected chi connectivity index (χ3v) is 5.01. The van der Waals surface area contributed by atoms with Crippen molar-refractivity contribution in [3.05, 3.63) is 21.8 Å². The molecule has 0 bridgehead atoms. The van der Waals surface area contributed by atoms with Crippen LogP contribution in [0.5, 0.6) is 0 Å². The maximum Gasteiger partial charge on any atom is 0.147 e. The molecule has 21 heavy (non-hydrogen) atoms. The lowest BCUT2D eigenvalue weighted by atomic mass is 10.0. The number of rotatable bonds is 3. The second-order valence-electron chi connectivity index (χ2n) is 6.36. The molecule has 1 N–H and O–H groups in total. The van der Waals surface area contributed by atoms with Crippen LogP contribution in [0.15, 0.2) is 10.5 Å². The fourth-order valence-corrected chi connectivity index (χ4v) is 3.52. The SMILES string of the molecule is CC(C)[C@@H]1CN(c2nc(C3CC3)c(Br)cc2C#N)CCN1. The maximum absolute atomic E-state index is 9.44. The van der Waals surface area contributed by atoms with Crippen molar-refractivity contribution in [2.45, 2.75) is 38.6 Å². The topological polar surface area (TPSA) is 52.0 Å². The Morgan fingerprint density at radius 1 is 1.48 bits per heavy atom. The zero-order chi connectivity index (χ0) is 15.0. The van der Waals surface area contributed by atoms with Gasteiger partial charge >= 0.3 is 0 Å². The van der Waals surface area contributed by atoms with Gasteiger partial charge in [-0.15, -0.1) is 0 Å². The third-order valence-electron chi connectivity index (χ3n) is 4.38. The smallest absolute Gasteiger partial charge is 0.147 e. The normalized spacial score (nSPS) is 22.4. The molecule has 112 valence electrons. The first-order valence-electron chi connectivity index (χ1n) is 7.69. The van der Waals surface area contributed by atoms with Crippen LogP contribution in [0.25, 0.3) is 0 Å². The molecule has 1 saturated heterocycles. The Labute approximate surface area is 134 Å². The fraction of sp³-hybridized carbons (Fsp3) is 0.625. The summed E-state index contributed by atoms with van der Waals surface area (Å²) in [5.74, 6) is 2.03. The Bertz CT molecular complexity index is 574. The van der Waals surface area contributed by atoms with Crippen LogP contribution in [-0.4, -0.2) is 30.7 Å². The number of piperazine rings is 1. The van der Waals surface area contributed by atoms with Crippen LogP contribution in [0, 0.1) is 17.2 Å². The van der Waals surface area contributed by atoms with Crippen LogP contribution < -0.4 is 10.2 Å². The van der Waals surface area contributed by atoms with Gasteiger partial charge in [0.05, 0.1) is 11.3 Å². The van der Waals surface area contributed by atoms with Gasteiger partial charge in [-0.1, -0.05) is 13.8 Å². The van der Waals surface area contributed by atoms with E-state index in [0.29, 0.717) is 23.4 Å². The summed E-state index contributed by atoms with van der Waals surface area (Å²) in [4.78, 5) is 7.13. The minimum absolute atomic E-state index is 0.458. The minimum Gasteiger partial charge on any atom is -0.353 e. The van der Waals surface area contributed by atoms with Crippen molar-refractivity contribution in [3.63, 3.8) is 0 Å². The number of hydrogen-bond donors (Lipinski definition) is 1. The van der Waals surface area contributed by atoms with E-state index in [0.717, 1.165) is 35.6 Å². The van der Waals surface area contributed by atoms with Crippen LogP contribution in [0.3, 0.4) is 0 Å². The van der Waals surface area contributed by atoms with Crippen molar-refractivity contribution in [2.24, 2.45) is 5.92 Å². The Balaban J connectivity index is 1.93. The quantitative estimate of drug-likeness (QED) is 0.911. The van der Waals surface area contributed by atoms with Crippen LogP contribution in [0.4, 0.5) is 5.82 Å². The van der Waals surface area contributed by atoms with Crippen LogP contribution in [0.1, 0.15) is 43.9 Å². The summed E-state index contributed by atoms with van der Waals surface area (Å²) < 4.78 is 0.987.